The van der Waals surface area contributed by atoms with Crippen LogP contribution < -0.4 is 0 Å². The van der Waals surface area contributed by atoms with E-state index >= 15 is 0 Å². The smallest absolute Gasteiger partial charge is 0.338 e. The van der Waals surface area contributed by atoms with Gasteiger partial charge in [0.25, 0.3) is 0 Å². The molecule has 0 aliphatic carbocycles. The number of ether oxygens (including phenoxy) is 1. The summed E-state index contributed by atoms with van der Waals surface area (Å²) in [4.78, 5) is 27.3. The van der Waals surface area contributed by atoms with Crippen LogP contribution in [0.5, 0.6) is 0 Å². The van der Waals surface area contributed by atoms with Crippen LogP contribution in [0.2, 0.25) is 5.02 Å². The Hall–Kier alpha value is -2.27. The largest absolute Gasteiger partial charge is 0.465 e. The summed E-state index contributed by atoms with van der Waals surface area (Å²) in [5.41, 5.74) is 1.14. The molecule has 108 valence electrons. The lowest BCUT2D eigenvalue weighted by atomic mass is 10.1. The standard InChI is InChI=1S/C15H11ClFNO3/c1-8(19)13-6-10(15(20)21-2)7-14(18-13)9-3-4-12(17)11(16)5-9/h3-7H,1-2H3. The number of hydrogen-bond acceptors (Lipinski definition) is 4. The van der Waals surface area contributed by atoms with Gasteiger partial charge < -0.3 is 4.74 Å². The maximum atomic E-state index is 13.2. The first-order valence-electron chi connectivity index (χ1n) is 5.99. The van der Waals surface area contributed by atoms with E-state index in [0.29, 0.717) is 11.3 Å². The molecule has 4 nitrogen and oxygen atoms in total. The summed E-state index contributed by atoms with van der Waals surface area (Å²) >= 11 is 5.73. The highest BCUT2D eigenvalue weighted by molar-refractivity contribution is 6.31. The fourth-order valence-electron chi connectivity index (χ4n) is 1.75. The van der Waals surface area contributed by atoms with E-state index in [-0.39, 0.29) is 22.1 Å². The molecule has 2 rings (SSSR count). The SMILES string of the molecule is COC(=O)c1cc(C(C)=O)nc(-c2ccc(F)c(Cl)c2)c1. The van der Waals surface area contributed by atoms with Gasteiger partial charge in [-0.15, -0.1) is 0 Å². The van der Waals surface area contributed by atoms with Gasteiger partial charge in [-0.1, -0.05) is 11.6 Å². The molecule has 6 heteroatoms. The number of nitrogens with zero attached hydrogens (tertiary/aromatic N) is 1. The Morgan fingerprint density at radius 3 is 2.52 bits per heavy atom. The van der Waals surface area contributed by atoms with Gasteiger partial charge in [-0.05, 0) is 30.3 Å². The number of benzene rings is 1. The van der Waals surface area contributed by atoms with E-state index in [1.54, 1.807) is 0 Å². The van der Waals surface area contributed by atoms with Crippen LogP contribution in [-0.4, -0.2) is 23.8 Å². The molecule has 0 atom stereocenters. The molecule has 0 fully saturated rings. The van der Waals surface area contributed by atoms with E-state index in [1.807, 2.05) is 0 Å². The molecular weight excluding hydrogens is 297 g/mol. The normalized spacial score (nSPS) is 10.3. The number of ketones is 1. The third-order valence-electron chi connectivity index (χ3n) is 2.82. The molecule has 0 radical (unpaired) electrons. The molecule has 0 saturated carbocycles. The Morgan fingerprint density at radius 1 is 1.24 bits per heavy atom. The van der Waals surface area contributed by atoms with Crippen molar-refractivity contribution in [3.05, 3.63) is 52.4 Å². The highest BCUT2D eigenvalue weighted by atomic mass is 35.5. The molecular formula is C15H11ClFNO3. The number of carbonyl (C=O) groups is 2. The number of carbonyl (C=O) groups excluding carboxylic acids is 2. The second-order valence-electron chi connectivity index (χ2n) is 4.30. The number of halogens is 2. The van der Waals surface area contributed by atoms with E-state index in [2.05, 4.69) is 9.72 Å². The van der Waals surface area contributed by atoms with Crippen LogP contribution in [0.3, 0.4) is 0 Å². The monoisotopic (exact) mass is 307 g/mol. The van der Waals surface area contributed by atoms with Gasteiger partial charge in [0.05, 0.1) is 23.4 Å². The van der Waals surface area contributed by atoms with E-state index in [4.69, 9.17) is 11.6 Å². The highest BCUT2D eigenvalue weighted by Crippen LogP contribution is 2.25. The summed E-state index contributed by atoms with van der Waals surface area (Å²) in [7, 11) is 1.24. The van der Waals surface area contributed by atoms with Gasteiger partial charge in [-0.25, -0.2) is 14.2 Å². The topological polar surface area (TPSA) is 56.3 Å². The quantitative estimate of drug-likeness (QED) is 0.643. The number of hydrogen-bond donors (Lipinski definition) is 0. The Morgan fingerprint density at radius 2 is 1.95 bits per heavy atom. The second-order valence-corrected chi connectivity index (χ2v) is 4.71. The first-order chi connectivity index (χ1) is 9.92. The minimum Gasteiger partial charge on any atom is -0.465 e. The summed E-state index contributed by atoms with van der Waals surface area (Å²) in [5.74, 6) is -1.44. The Labute approximate surface area is 125 Å². The second kappa shape index (κ2) is 6.01. The minimum absolute atomic E-state index is 0.0675. The highest BCUT2D eigenvalue weighted by Gasteiger charge is 2.14. The molecule has 0 unspecified atom stereocenters. The van der Waals surface area contributed by atoms with Crippen molar-refractivity contribution in [2.75, 3.05) is 7.11 Å². The minimum atomic E-state index is -0.589. The third kappa shape index (κ3) is 3.25. The van der Waals surface area contributed by atoms with Crippen LogP contribution in [0.1, 0.15) is 27.8 Å². The molecule has 0 spiro atoms. The average Bonchev–Trinajstić information content (AvgIpc) is 2.48. The molecule has 1 aromatic heterocycles. The predicted molar refractivity (Wildman–Crippen MR) is 76.0 cm³/mol. The lowest BCUT2D eigenvalue weighted by Crippen LogP contribution is -2.06. The Balaban J connectivity index is 2.61. The van der Waals surface area contributed by atoms with Crippen LogP contribution in [0, 0.1) is 5.82 Å². The summed E-state index contributed by atoms with van der Waals surface area (Å²) in [5, 5.41) is -0.0675. The van der Waals surface area contributed by atoms with Crippen molar-refractivity contribution in [1.29, 1.82) is 0 Å². The number of pyridine rings is 1. The summed E-state index contributed by atoms with van der Waals surface area (Å²) in [6.07, 6.45) is 0. The molecule has 2 aromatic rings. The van der Waals surface area contributed by atoms with Crippen LogP contribution >= 0.6 is 11.6 Å². The van der Waals surface area contributed by atoms with Gasteiger partial charge in [0.2, 0.25) is 0 Å². The number of esters is 1. The molecule has 1 heterocycles. The average molecular weight is 308 g/mol. The van der Waals surface area contributed by atoms with Gasteiger partial charge in [-0.3, -0.25) is 4.79 Å². The summed E-state index contributed by atoms with van der Waals surface area (Å²) in [6, 6.07) is 6.85. The van der Waals surface area contributed by atoms with Crippen LogP contribution in [0.4, 0.5) is 4.39 Å². The van der Waals surface area contributed by atoms with E-state index in [1.165, 1.54) is 44.4 Å². The van der Waals surface area contributed by atoms with Crippen molar-refractivity contribution in [3.63, 3.8) is 0 Å². The zero-order chi connectivity index (χ0) is 15.6. The third-order valence-corrected chi connectivity index (χ3v) is 3.11. The molecule has 0 amide bonds. The Kier molecular flexibility index (Phi) is 4.33. The van der Waals surface area contributed by atoms with Gasteiger partial charge in [-0.2, -0.15) is 0 Å². The maximum Gasteiger partial charge on any atom is 0.338 e. The molecule has 0 saturated heterocycles. The van der Waals surface area contributed by atoms with Crippen LogP contribution in [-0.2, 0) is 4.74 Å². The number of rotatable bonds is 3. The van der Waals surface area contributed by atoms with Crippen LogP contribution in [0.25, 0.3) is 11.3 Å². The predicted octanol–water partition coefficient (Wildman–Crippen LogP) is 3.53. The molecule has 0 aliphatic heterocycles. The first kappa shape index (κ1) is 15.1. The van der Waals surface area contributed by atoms with Crippen molar-refractivity contribution in [3.8, 4) is 11.3 Å². The fourth-order valence-corrected chi connectivity index (χ4v) is 1.93. The van der Waals surface area contributed by atoms with E-state index in [9.17, 15) is 14.0 Å². The molecule has 21 heavy (non-hydrogen) atoms. The zero-order valence-electron chi connectivity index (χ0n) is 11.3. The summed E-state index contributed by atoms with van der Waals surface area (Å²) in [6.45, 7) is 1.34. The van der Waals surface area contributed by atoms with Crippen molar-refractivity contribution >= 4 is 23.4 Å². The van der Waals surface area contributed by atoms with E-state index in [0.717, 1.165) is 0 Å². The van der Waals surface area contributed by atoms with Crippen molar-refractivity contribution < 1.29 is 18.7 Å². The molecule has 0 aliphatic rings. The van der Waals surface area contributed by atoms with Gasteiger partial charge in [0.1, 0.15) is 11.5 Å². The number of aromatic nitrogens is 1. The lowest BCUT2D eigenvalue weighted by Gasteiger charge is -2.07. The zero-order valence-corrected chi connectivity index (χ0v) is 12.1. The molecule has 1 aromatic carbocycles. The van der Waals surface area contributed by atoms with Crippen molar-refractivity contribution in [2.45, 2.75) is 6.92 Å². The van der Waals surface area contributed by atoms with Gasteiger partial charge in [0.15, 0.2) is 5.78 Å². The van der Waals surface area contributed by atoms with Crippen molar-refractivity contribution in [2.24, 2.45) is 0 Å². The molecule has 0 N–H and O–H groups in total. The number of Topliss-reactive ketones (excluding diaryl/α,β-unsaturated/α-hetero) is 1. The van der Waals surface area contributed by atoms with E-state index < -0.39 is 11.8 Å². The fraction of sp³-hybridized carbons (Fsp3) is 0.133. The summed E-state index contributed by atoms with van der Waals surface area (Å²) < 4.78 is 17.8. The van der Waals surface area contributed by atoms with Gasteiger partial charge >= 0.3 is 5.97 Å². The molecule has 0 bridgehead atoms. The Bertz CT molecular complexity index is 731. The lowest BCUT2D eigenvalue weighted by molar-refractivity contribution is 0.0600. The number of methoxy groups -OCH3 is 1. The maximum absolute atomic E-state index is 13.2. The van der Waals surface area contributed by atoms with Gasteiger partial charge in [0, 0.05) is 12.5 Å². The van der Waals surface area contributed by atoms with Crippen LogP contribution in [0.15, 0.2) is 30.3 Å². The first-order valence-corrected chi connectivity index (χ1v) is 6.37. The van der Waals surface area contributed by atoms with Crippen molar-refractivity contribution in [1.82, 2.24) is 4.98 Å².